The number of hydrogen-bond acceptors (Lipinski definition) is 6. The maximum atomic E-state index is 12.7. The van der Waals surface area contributed by atoms with Gasteiger partial charge in [0.2, 0.25) is 23.5 Å². The number of likely N-dealkylation sites (tertiary alicyclic amines) is 1. The number of aromatic nitrogens is 2. The van der Waals surface area contributed by atoms with Crippen LogP contribution in [-0.2, 0) is 9.59 Å². The average molecular weight is 426 g/mol. The Morgan fingerprint density at radius 1 is 1.13 bits per heavy atom. The fraction of sp³-hybridized carbons (Fsp3) is 0.565. The van der Waals surface area contributed by atoms with Gasteiger partial charge in [0, 0.05) is 37.5 Å². The van der Waals surface area contributed by atoms with Crippen molar-refractivity contribution in [3.05, 3.63) is 36.2 Å². The third-order valence-electron chi connectivity index (χ3n) is 6.42. The lowest BCUT2D eigenvalue weighted by Gasteiger charge is -2.26. The Morgan fingerprint density at radius 3 is 2.65 bits per heavy atom. The number of carbonyl (C=O) groups is 2. The lowest BCUT2D eigenvalue weighted by Crippen LogP contribution is -2.39. The van der Waals surface area contributed by atoms with Crippen LogP contribution in [0.15, 0.2) is 34.9 Å². The molecule has 1 aliphatic carbocycles. The van der Waals surface area contributed by atoms with Crippen molar-refractivity contribution in [3.63, 3.8) is 0 Å². The van der Waals surface area contributed by atoms with Crippen LogP contribution in [0.2, 0.25) is 0 Å². The van der Waals surface area contributed by atoms with Crippen LogP contribution in [0, 0.1) is 5.92 Å². The summed E-state index contributed by atoms with van der Waals surface area (Å²) in [5.41, 5.74) is 0.875. The topological polar surface area (TPSA) is 100 Å². The summed E-state index contributed by atoms with van der Waals surface area (Å²) in [6, 6.07) is 9.44. The van der Waals surface area contributed by atoms with Crippen molar-refractivity contribution in [3.8, 4) is 11.4 Å². The minimum Gasteiger partial charge on any atom is -0.359 e. The van der Waals surface area contributed by atoms with E-state index in [-0.39, 0.29) is 29.7 Å². The van der Waals surface area contributed by atoms with E-state index in [1.807, 2.05) is 30.3 Å². The molecule has 0 radical (unpaired) electrons. The molecule has 2 heterocycles. The van der Waals surface area contributed by atoms with E-state index in [9.17, 15) is 9.59 Å². The Labute approximate surface area is 182 Å². The molecule has 3 unspecified atom stereocenters. The van der Waals surface area contributed by atoms with E-state index in [2.05, 4.69) is 25.7 Å². The predicted octanol–water partition coefficient (Wildman–Crippen LogP) is 2.34. The third-order valence-corrected chi connectivity index (χ3v) is 6.42. The molecule has 8 heteroatoms. The van der Waals surface area contributed by atoms with E-state index >= 15 is 0 Å². The fourth-order valence-electron chi connectivity index (χ4n) is 4.70. The molecular formula is C23H31N5O3. The molecule has 2 fully saturated rings. The van der Waals surface area contributed by atoms with Crippen LogP contribution in [0.1, 0.15) is 50.3 Å². The van der Waals surface area contributed by atoms with Crippen LogP contribution < -0.4 is 10.6 Å². The summed E-state index contributed by atoms with van der Waals surface area (Å²) in [5.74, 6) is 0.639. The zero-order chi connectivity index (χ0) is 21.6. The molecule has 1 saturated heterocycles. The normalized spacial score (nSPS) is 24.1. The van der Waals surface area contributed by atoms with E-state index in [4.69, 9.17) is 4.52 Å². The Balaban J connectivity index is 1.43. The van der Waals surface area contributed by atoms with E-state index in [1.54, 1.807) is 7.05 Å². The second-order valence-corrected chi connectivity index (χ2v) is 8.54. The molecule has 4 rings (SSSR count). The first-order valence-electron chi connectivity index (χ1n) is 11.3. The minimum atomic E-state index is -0.194. The minimum absolute atomic E-state index is 0.0147. The number of carbonyl (C=O) groups excluding carboxylic acids is 2. The Kier molecular flexibility index (Phi) is 6.96. The Hall–Kier alpha value is -2.74. The summed E-state index contributed by atoms with van der Waals surface area (Å²) < 4.78 is 5.58. The zero-order valence-electron chi connectivity index (χ0n) is 18.0. The van der Waals surface area contributed by atoms with Gasteiger partial charge in [-0.3, -0.25) is 9.59 Å². The number of amides is 2. The fourth-order valence-corrected chi connectivity index (χ4v) is 4.70. The molecule has 1 aromatic heterocycles. The molecular weight excluding hydrogens is 394 g/mol. The van der Waals surface area contributed by atoms with Crippen molar-refractivity contribution in [2.75, 3.05) is 26.7 Å². The molecule has 2 aromatic rings. The van der Waals surface area contributed by atoms with Gasteiger partial charge in [0.15, 0.2) is 0 Å². The van der Waals surface area contributed by atoms with Crippen molar-refractivity contribution < 1.29 is 14.1 Å². The highest BCUT2D eigenvalue weighted by molar-refractivity contribution is 5.80. The van der Waals surface area contributed by atoms with Gasteiger partial charge in [-0.2, -0.15) is 4.98 Å². The molecule has 8 nitrogen and oxygen atoms in total. The second kappa shape index (κ2) is 10.0. The molecule has 0 bridgehead atoms. The monoisotopic (exact) mass is 425 g/mol. The van der Waals surface area contributed by atoms with E-state index in [0.717, 1.165) is 25.2 Å². The number of hydrogen-bond donors (Lipinski definition) is 2. The van der Waals surface area contributed by atoms with E-state index in [1.165, 1.54) is 19.3 Å². The van der Waals surface area contributed by atoms with E-state index < -0.39 is 0 Å². The lowest BCUT2D eigenvalue weighted by molar-refractivity contribution is -0.125. The molecule has 0 spiro atoms. The van der Waals surface area contributed by atoms with Gasteiger partial charge in [-0.05, 0) is 38.8 Å². The molecule has 2 amide bonds. The van der Waals surface area contributed by atoms with Crippen molar-refractivity contribution in [1.29, 1.82) is 0 Å². The van der Waals surface area contributed by atoms with Crippen molar-refractivity contribution in [2.24, 2.45) is 5.92 Å². The van der Waals surface area contributed by atoms with Crippen LogP contribution in [0.4, 0.5) is 0 Å². The first kappa shape index (κ1) is 21.5. The standard InChI is InChI=1S/C23H31N5O3/c1-24-22(30)17-14-18(23-26-21(27-31-23)16-8-4-2-5-9-16)19(15-17)25-20(29)10-13-28-11-6-3-7-12-28/h2,4-5,8-9,17-19H,3,6-7,10-15H2,1H3,(H,24,30)(H,25,29). The molecule has 31 heavy (non-hydrogen) atoms. The highest BCUT2D eigenvalue weighted by Crippen LogP contribution is 2.38. The van der Waals surface area contributed by atoms with Gasteiger partial charge in [-0.15, -0.1) is 0 Å². The Morgan fingerprint density at radius 2 is 1.90 bits per heavy atom. The lowest BCUT2D eigenvalue weighted by atomic mass is 10.0. The summed E-state index contributed by atoms with van der Waals surface area (Å²) in [6.07, 6.45) is 5.31. The van der Waals surface area contributed by atoms with E-state index in [0.29, 0.717) is 31.0 Å². The number of piperidine rings is 1. The van der Waals surface area contributed by atoms with Gasteiger partial charge in [0.1, 0.15) is 0 Å². The molecule has 1 aliphatic heterocycles. The number of nitrogens with one attached hydrogen (secondary N) is 2. The molecule has 2 aliphatic rings. The van der Waals surface area contributed by atoms with Crippen molar-refractivity contribution in [2.45, 2.75) is 50.5 Å². The summed E-state index contributed by atoms with van der Waals surface area (Å²) in [5, 5.41) is 10.0. The summed E-state index contributed by atoms with van der Waals surface area (Å²) in [4.78, 5) is 31.9. The van der Waals surface area contributed by atoms with Crippen LogP contribution in [0.3, 0.4) is 0 Å². The summed E-state index contributed by atoms with van der Waals surface area (Å²) in [6.45, 7) is 2.92. The van der Waals surface area contributed by atoms with Gasteiger partial charge >= 0.3 is 0 Å². The van der Waals surface area contributed by atoms with Gasteiger partial charge in [-0.1, -0.05) is 41.9 Å². The van der Waals surface area contributed by atoms with Crippen LogP contribution in [0.25, 0.3) is 11.4 Å². The highest BCUT2D eigenvalue weighted by Gasteiger charge is 2.42. The first-order valence-corrected chi connectivity index (χ1v) is 11.3. The highest BCUT2D eigenvalue weighted by atomic mass is 16.5. The SMILES string of the molecule is CNC(=O)C1CC(NC(=O)CCN2CCCCC2)C(c2nc(-c3ccccc3)no2)C1. The Bertz CT molecular complexity index is 878. The second-order valence-electron chi connectivity index (χ2n) is 8.54. The van der Waals surface area contributed by atoms with Crippen LogP contribution >= 0.6 is 0 Å². The largest absolute Gasteiger partial charge is 0.359 e. The van der Waals surface area contributed by atoms with Gasteiger partial charge in [0.25, 0.3) is 0 Å². The first-order chi connectivity index (χ1) is 15.1. The number of benzene rings is 1. The predicted molar refractivity (Wildman–Crippen MR) is 116 cm³/mol. The third kappa shape index (κ3) is 5.31. The molecule has 166 valence electrons. The average Bonchev–Trinajstić information content (AvgIpc) is 3.46. The molecule has 1 aromatic carbocycles. The van der Waals surface area contributed by atoms with Gasteiger partial charge in [-0.25, -0.2) is 0 Å². The van der Waals surface area contributed by atoms with Gasteiger partial charge in [0.05, 0.1) is 5.92 Å². The molecule has 1 saturated carbocycles. The van der Waals surface area contributed by atoms with Gasteiger partial charge < -0.3 is 20.1 Å². The quantitative estimate of drug-likeness (QED) is 0.706. The van der Waals surface area contributed by atoms with Crippen molar-refractivity contribution >= 4 is 11.8 Å². The number of nitrogens with zero attached hydrogens (tertiary/aromatic N) is 3. The smallest absolute Gasteiger partial charge is 0.232 e. The molecule has 2 N–H and O–H groups in total. The van der Waals surface area contributed by atoms with Crippen LogP contribution in [0.5, 0.6) is 0 Å². The summed E-state index contributed by atoms with van der Waals surface area (Å²) >= 11 is 0. The maximum Gasteiger partial charge on any atom is 0.232 e. The molecule has 3 atom stereocenters. The summed E-state index contributed by atoms with van der Waals surface area (Å²) in [7, 11) is 1.64. The van der Waals surface area contributed by atoms with Crippen LogP contribution in [-0.4, -0.2) is 59.6 Å². The zero-order valence-corrected chi connectivity index (χ0v) is 18.0. The van der Waals surface area contributed by atoms with Crippen molar-refractivity contribution in [1.82, 2.24) is 25.7 Å². The maximum absolute atomic E-state index is 12.7. The number of rotatable bonds is 7.